The van der Waals surface area contributed by atoms with Gasteiger partial charge >= 0.3 is 5.97 Å². The molecule has 0 aromatic rings. The smallest absolute Gasteiger partial charge is 0.315 e. The molecule has 3 aliphatic carbocycles. The van der Waals surface area contributed by atoms with Crippen molar-refractivity contribution < 1.29 is 14.6 Å². The number of fused-ring (bicyclic) bond motifs is 1. The second-order valence-electron chi connectivity index (χ2n) is 4.65. The Balaban J connectivity index is 1.97. The Morgan fingerprint density at radius 2 is 2.31 bits per heavy atom. The maximum atomic E-state index is 11.6. The van der Waals surface area contributed by atoms with Gasteiger partial charge < -0.3 is 9.84 Å². The van der Waals surface area contributed by atoms with Gasteiger partial charge in [-0.25, -0.2) is 0 Å². The van der Waals surface area contributed by atoms with E-state index >= 15 is 0 Å². The first-order chi connectivity index (χ1) is 6.22. The first-order valence-corrected chi connectivity index (χ1v) is 4.99. The highest BCUT2D eigenvalue weighted by molar-refractivity contribution is 5.83. The first-order valence-electron chi connectivity index (χ1n) is 4.99. The van der Waals surface area contributed by atoms with E-state index in [1.54, 1.807) is 0 Å². The van der Waals surface area contributed by atoms with Crippen molar-refractivity contribution in [2.75, 3.05) is 7.11 Å². The summed E-state index contributed by atoms with van der Waals surface area (Å²) in [7, 11) is 1.42. The number of hydrogen-bond acceptors (Lipinski definition) is 3. The zero-order valence-corrected chi connectivity index (χ0v) is 7.69. The Morgan fingerprint density at radius 1 is 1.54 bits per heavy atom. The van der Waals surface area contributed by atoms with E-state index in [1.165, 1.54) is 13.5 Å². The molecule has 0 heterocycles. The SMILES string of the molecule is COC(=O)C12C(O)CC3CCC1C32. The number of methoxy groups -OCH3 is 1. The van der Waals surface area contributed by atoms with E-state index < -0.39 is 11.5 Å². The molecule has 13 heavy (non-hydrogen) atoms. The Hall–Kier alpha value is -0.570. The summed E-state index contributed by atoms with van der Waals surface area (Å²) >= 11 is 0. The van der Waals surface area contributed by atoms with Gasteiger partial charge in [-0.05, 0) is 37.0 Å². The summed E-state index contributed by atoms with van der Waals surface area (Å²) < 4.78 is 4.80. The zero-order chi connectivity index (χ0) is 9.22. The maximum Gasteiger partial charge on any atom is 0.315 e. The molecule has 5 atom stereocenters. The predicted octanol–water partition coefficient (Wildman–Crippen LogP) is 0.566. The molecule has 0 radical (unpaired) electrons. The minimum absolute atomic E-state index is 0.169. The van der Waals surface area contributed by atoms with Crippen molar-refractivity contribution in [2.45, 2.75) is 25.4 Å². The topological polar surface area (TPSA) is 46.5 Å². The van der Waals surface area contributed by atoms with Crippen LogP contribution in [0.4, 0.5) is 0 Å². The van der Waals surface area contributed by atoms with Gasteiger partial charge in [0.25, 0.3) is 0 Å². The van der Waals surface area contributed by atoms with E-state index in [4.69, 9.17) is 4.74 Å². The highest BCUT2D eigenvalue weighted by Gasteiger charge is 2.81. The molecule has 0 aromatic heterocycles. The second kappa shape index (κ2) is 2.08. The van der Waals surface area contributed by atoms with Crippen LogP contribution in [-0.4, -0.2) is 24.3 Å². The second-order valence-corrected chi connectivity index (χ2v) is 4.65. The van der Waals surface area contributed by atoms with Crippen molar-refractivity contribution >= 4 is 5.97 Å². The largest absolute Gasteiger partial charge is 0.469 e. The van der Waals surface area contributed by atoms with Crippen LogP contribution in [0, 0.1) is 23.2 Å². The molecule has 0 amide bonds. The number of ether oxygens (including phenoxy) is 1. The molecule has 0 spiro atoms. The van der Waals surface area contributed by atoms with Crippen molar-refractivity contribution in [3.05, 3.63) is 0 Å². The van der Waals surface area contributed by atoms with Crippen molar-refractivity contribution in [3.63, 3.8) is 0 Å². The fourth-order valence-corrected chi connectivity index (χ4v) is 4.04. The molecule has 0 bridgehead atoms. The van der Waals surface area contributed by atoms with Crippen LogP contribution in [0.5, 0.6) is 0 Å². The van der Waals surface area contributed by atoms with Crippen LogP contribution in [0.3, 0.4) is 0 Å². The summed E-state index contributed by atoms with van der Waals surface area (Å²) in [6, 6.07) is 0. The van der Waals surface area contributed by atoms with Gasteiger partial charge in [0.1, 0.15) is 5.41 Å². The number of carbonyl (C=O) groups is 1. The van der Waals surface area contributed by atoms with Crippen LogP contribution in [-0.2, 0) is 9.53 Å². The first kappa shape index (κ1) is 7.80. The van der Waals surface area contributed by atoms with Crippen molar-refractivity contribution in [3.8, 4) is 0 Å². The number of aliphatic hydroxyl groups is 1. The lowest BCUT2D eigenvalue weighted by molar-refractivity contribution is -0.152. The van der Waals surface area contributed by atoms with Crippen molar-refractivity contribution in [2.24, 2.45) is 23.2 Å². The summed E-state index contributed by atoms with van der Waals surface area (Å²) in [5, 5.41) is 9.87. The van der Waals surface area contributed by atoms with E-state index in [0.717, 1.165) is 12.8 Å². The number of carbonyl (C=O) groups excluding carboxylic acids is 1. The molecule has 0 saturated heterocycles. The Bertz CT molecular complexity index is 271. The van der Waals surface area contributed by atoms with Crippen LogP contribution in [0.25, 0.3) is 0 Å². The lowest BCUT2D eigenvalue weighted by Gasteiger charge is -2.16. The Labute approximate surface area is 77.1 Å². The van der Waals surface area contributed by atoms with Gasteiger partial charge in [-0.3, -0.25) is 4.79 Å². The van der Waals surface area contributed by atoms with Crippen LogP contribution >= 0.6 is 0 Å². The Kier molecular flexibility index (Phi) is 1.25. The average molecular weight is 182 g/mol. The molecule has 3 fully saturated rings. The summed E-state index contributed by atoms with van der Waals surface area (Å²) in [6.07, 6.45) is 2.70. The summed E-state index contributed by atoms with van der Waals surface area (Å²) in [6.45, 7) is 0. The fourth-order valence-electron chi connectivity index (χ4n) is 4.04. The summed E-state index contributed by atoms with van der Waals surface area (Å²) in [5.74, 6) is 1.32. The quantitative estimate of drug-likeness (QED) is 0.603. The molecule has 0 aromatic carbocycles. The monoisotopic (exact) mass is 182 g/mol. The lowest BCUT2D eigenvalue weighted by atomic mass is 9.96. The van der Waals surface area contributed by atoms with Gasteiger partial charge in [-0.15, -0.1) is 0 Å². The average Bonchev–Trinajstić information content (AvgIpc) is 2.55. The number of aliphatic hydroxyl groups excluding tert-OH is 1. The fraction of sp³-hybridized carbons (Fsp3) is 0.900. The molecule has 5 unspecified atom stereocenters. The lowest BCUT2D eigenvalue weighted by Crippen LogP contribution is -2.31. The van der Waals surface area contributed by atoms with E-state index in [0.29, 0.717) is 17.8 Å². The van der Waals surface area contributed by atoms with Crippen LogP contribution in [0.15, 0.2) is 0 Å². The Morgan fingerprint density at radius 3 is 2.92 bits per heavy atom. The molecule has 1 N–H and O–H groups in total. The molecule has 3 rings (SSSR count). The van der Waals surface area contributed by atoms with E-state index in [9.17, 15) is 9.90 Å². The normalized spacial score (nSPS) is 56.2. The minimum atomic E-state index is -0.461. The van der Waals surface area contributed by atoms with E-state index in [1.807, 2.05) is 0 Å². The van der Waals surface area contributed by atoms with Crippen LogP contribution < -0.4 is 0 Å². The summed E-state index contributed by atoms with van der Waals surface area (Å²) in [4.78, 5) is 11.6. The third kappa shape index (κ3) is 0.622. The standard InChI is InChI=1S/C10H14O3/c1-13-9(12)10-6-3-2-5(8(6)10)4-7(10)11/h5-8,11H,2-4H2,1H3. The third-order valence-corrected chi connectivity index (χ3v) is 4.46. The maximum absolute atomic E-state index is 11.6. The zero-order valence-electron chi connectivity index (χ0n) is 7.69. The molecule has 3 saturated carbocycles. The van der Waals surface area contributed by atoms with Gasteiger partial charge in [0, 0.05) is 0 Å². The van der Waals surface area contributed by atoms with Gasteiger partial charge in [0.15, 0.2) is 0 Å². The highest BCUT2D eigenvalue weighted by Crippen LogP contribution is 2.77. The van der Waals surface area contributed by atoms with Gasteiger partial charge in [-0.2, -0.15) is 0 Å². The van der Waals surface area contributed by atoms with Crippen molar-refractivity contribution in [1.29, 1.82) is 0 Å². The highest BCUT2D eigenvalue weighted by atomic mass is 16.5. The van der Waals surface area contributed by atoms with Gasteiger partial charge in [-0.1, -0.05) is 0 Å². The molecule has 3 nitrogen and oxygen atoms in total. The molecule has 3 heteroatoms. The number of rotatable bonds is 1. The molecular weight excluding hydrogens is 168 g/mol. The van der Waals surface area contributed by atoms with Crippen LogP contribution in [0.1, 0.15) is 19.3 Å². The van der Waals surface area contributed by atoms with Gasteiger partial charge in [0.2, 0.25) is 0 Å². The molecule has 0 aliphatic heterocycles. The number of hydrogen-bond donors (Lipinski definition) is 1. The predicted molar refractivity (Wildman–Crippen MR) is 44.8 cm³/mol. The summed E-state index contributed by atoms with van der Waals surface area (Å²) in [5.41, 5.74) is -0.461. The third-order valence-electron chi connectivity index (χ3n) is 4.46. The molecular formula is C10H14O3. The van der Waals surface area contributed by atoms with E-state index in [-0.39, 0.29) is 5.97 Å². The van der Waals surface area contributed by atoms with E-state index in [2.05, 4.69) is 0 Å². The molecule has 3 aliphatic rings. The van der Waals surface area contributed by atoms with Crippen LogP contribution in [0.2, 0.25) is 0 Å². The molecule has 72 valence electrons. The van der Waals surface area contributed by atoms with Gasteiger partial charge in [0.05, 0.1) is 13.2 Å². The number of esters is 1. The minimum Gasteiger partial charge on any atom is -0.469 e. The van der Waals surface area contributed by atoms with Crippen molar-refractivity contribution in [1.82, 2.24) is 0 Å².